The van der Waals surface area contributed by atoms with E-state index in [1.54, 1.807) is 18.9 Å². The lowest BCUT2D eigenvalue weighted by atomic mass is 9.90. The molecular formula is C27H34ClF3N4O4. The van der Waals surface area contributed by atoms with E-state index in [0.29, 0.717) is 36.3 Å². The Bertz CT molecular complexity index is 1160. The summed E-state index contributed by atoms with van der Waals surface area (Å²) >= 11 is 5.82. The Morgan fingerprint density at radius 3 is 2.49 bits per heavy atom. The lowest BCUT2D eigenvalue weighted by molar-refractivity contribution is -0.137. The summed E-state index contributed by atoms with van der Waals surface area (Å²) in [5, 5.41) is 3.32. The second kappa shape index (κ2) is 12.7. The van der Waals surface area contributed by atoms with Crippen LogP contribution in [0, 0.1) is 6.92 Å². The predicted octanol–water partition coefficient (Wildman–Crippen LogP) is 5.20. The molecule has 1 saturated carbocycles. The zero-order valence-corrected chi connectivity index (χ0v) is 23.1. The number of carbonyl (C=O) groups excluding carboxylic acids is 1. The molecule has 39 heavy (non-hydrogen) atoms. The molecule has 2 heterocycles. The lowest BCUT2D eigenvalue weighted by Gasteiger charge is -2.38. The summed E-state index contributed by atoms with van der Waals surface area (Å²) in [6.45, 7) is 2.72. The number of halogens is 4. The Morgan fingerprint density at radius 1 is 1.13 bits per heavy atom. The third-order valence-corrected chi connectivity index (χ3v) is 7.73. The number of methoxy groups -OCH3 is 2. The van der Waals surface area contributed by atoms with Crippen molar-refractivity contribution in [3.05, 3.63) is 45.6 Å². The summed E-state index contributed by atoms with van der Waals surface area (Å²) in [5.41, 5.74) is 0.0858. The Morgan fingerprint density at radius 2 is 1.85 bits per heavy atom. The summed E-state index contributed by atoms with van der Waals surface area (Å²) in [4.78, 5) is 23.7. The number of hydrogen-bond donors (Lipinski definition) is 1. The molecule has 2 aromatic rings. The number of alkyl halides is 3. The number of benzene rings is 1. The minimum absolute atomic E-state index is 0.0381. The Labute approximate surface area is 231 Å². The Hall–Kier alpha value is -2.63. The van der Waals surface area contributed by atoms with E-state index in [2.05, 4.69) is 15.3 Å². The van der Waals surface area contributed by atoms with Crippen LogP contribution in [-0.2, 0) is 17.5 Å². The van der Waals surface area contributed by atoms with Crippen LogP contribution < -0.4 is 14.8 Å². The van der Waals surface area contributed by atoms with Gasteiger partial charge in [-0.1, -0.05) is 30.5 Å². The minimum Gasteiger partial charge on any atom is -0.472 e. The van der Waals surface area contributed by atoms with Gasteiger partial charge in [0.25, 0.3) is 5.91 Å². The van der Waals surface area contributed by atoms with Gasteiger partial charge in [-0.15, -0.1) is 0 Å². The summed E-state index contributed by atoms with van der Waals surface area (Å²) in [7, 11) is 3.15. The molecule has 0 bridgehead atoms. The highest BCUT2D eigenvalue weighted by molar-refractivity contribution is 6.31. The number of hydrogen-bond acceptors (Lipinski definition) is 7. The second-order valence-corrected chi connectivity index (χ2v) is 10.4. The summed E-state index contributed by atoms with van der Waals surface area (Å²) in [5.74, 6) is -0.137. The second-order valence-electron chi connectivity index (χ2n) is 9.99. The van der Waals surface area contributed by atoms with E-state index in [4.69, 9.17) is 25.8 Å². The van der Waals surface area contributed by atoms with Crippen molar-refractivity contribution in [2.75, 3.05) is 27.3 Å². The van der Waals surface area contributed by atoms with Crippen molar-refractivity contribution >= 4 is 17.5 Å². The number of amides is 1. The Balaban J connectivity index is 1.41. The predicted molar refractivity (Wildman–Crippen MR) is 139 cm³/mol. The highest BCUT2D eigenvalue weighted by atomic mass is 35.5. The maximum Gasteiger partial charge on any atom is 0.417 e. The average Bonchev–Trinajstić information content (AvgIpc) is 2.92. The first-order valence-electron chi connectivity index (χ1n) is 13.1. The molecule has 1 aromatic carbocycles. The van der Waals surface area contributed by atoms with Crippen LogP contribution in [0.15, 0.2) is 18.2 Å². The molecule has 1 aliphatic heterocycles. The third kappa shape index (κ3) is 7.12. The summed E-state index contributed by atoms with van der Waals surface area (Å²) in [6.07, 6.45) is 1.86. The lowest BCUT2D eigenvalue weighted by Crippen LogP contribution is -2.52. The maximum atomic E-state index is 13.4. The number of piperidine rings is 1. The topological polar surface area (TPSA) is 85.8 Å². The van der Waals surface area contributed by atoms with Crippen LogP contribution in [0.4, 0.5) is 13.2 Å². The molecular weight excluding hydrogens is 537 g/mol. The van der Waals surface area contributed by atoms with Crippen molar-refractivity contribution in [2.24, 2.45) is 0 Å². The molecule has 12 heteroatoms. The van der Waals surface area contributed by atoms with Crippen LogP contribution in [0.25, 0.3) is 0 Å². The number of nitrogens with one attached hydrogen (secondary N) is 1. The number of carbonyl (C=O) groups is 1. The Kier molecular flexibility index (Phi) is 9.56. The molecule has 2 fully saturated rings. The zero-order valence-electron chi connectivity index (χ0n) is 22.3. The van der Waals surface area contributed by atoms with Gasteiger partial charge in [-0.05, 0) is 50.3 Å². The van der Waals surface area contributed by atoms with Crippen LogP contribution in [0.1, 0.15) is 65.7 Å². The molecule has 0 unspecified atom stereocenters. The molecule has 2 atom stereocenters. The van der Waals surface area contributed by atoms with Crippen molar-refractivity contribution in [2.45, 2.75) is 76.4 Å². The van der Waals surface area contributed by atoms with Gasteiger partial charge in [0.15, 0.2) is 0 Å². The van der Waals surface area contributed by atoms with Gasteiger partial charge in [-0.25, -0.2) is 0 Å². The SMILES string of the molecule is COc1nc(OCc2ccc(C(F)(F)F)c(Cl)c2)c(C)c(C(=O)N2CCC(N[C@H]3CCCC[C@H]3OC)CC2)n1. The van der Waals surface area contributed by atoms with Crippen molar-refractivity contribution in [3.63, 3.8) is 0 Å². The van der Waals surface area contributed by atoms with Gasteiger partial charge in [0.1, 0.15) is 12.3 Å². The van der Waals surface area contributed by atoms with E-state index < -0.39 is 16.8 Å². The first kappa shape index (κ1) is 29.4. The summed E-state index contributed by atoms with van der Waals surface area (Å²) in [6, 6.07) is 4.00. The minimum atomic E-state index is -4.55. The number of ether oxygens (including phenoxy) is 3. The van der Waals surface area contributed by atoms with Crippen molar-refractivity contribution in [1.82, 2.24) is 20.2 Å². The van der Waals surface area contributed by atoms with Crippen molar-refractivity contribution in [3.8, 4) is 11.9 Å². The standard InChI is InChI=1S/C27H34ClF3N4O4/c1-16-23(25(36)35-12-10-18(11-13-35)32-21-6-4-5-7-22(21)37-2)33-26(38-3)34-24(16)39-15-17-8-9-19(20(28)14-17)27(29,30)31/h8-9,14,18,21-22,32H,4-7,10-13,15H2,1-3H3/t21-,22+/m0/s1. The fourth-order valence-corrected chi connectivity index (χ4v) is 5.53. The highest BCUT2D eigenvalue weighted by Crippen LogP contribution is 2.35. The highest BCUT2D eigenvalue weighted by Gasteiger charge is 2.33. The van der Waals surface area contributed by atoms with E-state index in [9.17, 15) is 18.0 Å². The van der Waals surface area contributed by atoms with Gasteiger partial charge >= 0.3 is 12.2 Å². The number of aromatic nitrogens is 2. The van der Waals surface area contributed by atoms with Crippen LogP contribution >= 0.6 is 11.6 Å². The van der Waals surface area contributed by atoms with E-state index in [1.807, 2.05) is 0 Å². The first-order chi connectivity index (χ1) is 18.6. The largest absolute Gasteiger partial charge is 0.472 e. The van der Waals surface area contributed by atoms with Gasteiger partial charge in [0.05, 0.1) is 23.8 Å². The average molecular weight is 571 g/mol. The number of nitrogens with zero attached hydrogens (tertiary/aromatic N) is 3. The molecule has 1 aromatic heterocycles. The van der Waals surface area contributed by atoms with Crippen LogP contribution in [0.5, 0.6) is 11.9 Å². The maximum absolute atomic E-state index is 13.4. The molecule has 1 amide bonds. The van der Waals surface area contributed by atoms with E-state index in [-0.39, 0.29) is 36.2 Å². The fraction of sp³-hybridized carbons (Fsp3) is 0.593. The van der Waals surface area contributed by atoms with Gasteiger partial charge in [-0.2, -0.15) is 23.1 Å². The van der Waals surface area contributed by atoms with Crippen LogP contribution in [-0.4, -0.2) is 66.3 Å². The first-order valence-corrected chi connectivity index (χ1v) is 13.5. The molecule has 1 aliphatic carbocycles. The fourth-order valence-electron chi connectivity index (χ4n) is 5.22. The molecule has 1 N–H and O–H groups in total. The van der Waals surface area contributed by atoms with Crippen LogP contribution in [0.3, 0.4) is 0 Å². The third-order valence-electron chi connectivity index (χ3n) is 7.42. The molecule has 214 valence electrons. The quantitative estimate of drug-likeness (QED) is 0.467. The summed E-state index contributed by atoms with van der Waals surface area (Å²) < 4.78 is 55.7. The molecule has 2 aliphatic rings. The van der Waals surface area contributed by atoms with E-state index in [1.165, 1.54) is 32.1 Å². The van der Waals surface area contributed by atoms with Crippen molar-refractivity contribution in [1.29, 1.82) is 0 Å². The van der Waals surface area contributed by atoms with Crippen molar-refractivity contribution < 1.29 is 32.2 Å². The number of likely N-dealkylation sites (tertiary alicyclic amines) is 1. The molecule has 1 saturated heterocycles. The molecule has 0 spiro atoms. The smallest absolute Gasteiger partial charge is 0.417 e. The molecule has 4 rings (SSSR count). The van der Waals surface area contributed by atoms with Crippen LogP contribution in [0.2, 0.25) is 5.02 Å². The zero-order chi connectivity index (χ0) is 28.2. The number of rotatable bonds is 8. The van der Waals surface area contributed by atoms with Gasteiger partial charge < -0.3 is 24.4 Å². The van der Waals surface area contributed by atoms with Gasteiger partial charge in [-0.3, -0.25) is 4.79 Å². The van der Waals surface area contributed by atoms with E-state index >= 15 is 0 Å². The normalized spacial score (nSPS) is 20.6. The van der Waals surface area contributed by atoms with E-state index in [0.717, 1.165) is 31.7 Å². The monoisotopic (exact) mass is 570 g/mol. The van der Waals surface area contributed by atoms with Gasteiger partial charge in [0, 0.05) is 37.8 Å². The van der Waals surface area contributed by atoms with Gasteiger partial charge in [0.2, 0.25) is 5.88 Å². The molecule has 8 nitrogen and oxygen atoms in total. The molecule has 0 radical (unpaired) electrons.